The highest BCUT2D eigenvalue weighted by atomic mass is 16.3. The van der Waals surface area contributed by atoms with Gasteiger partial charge in [-0.05, 0) is 6.42 Å². The van der Waals surface area contributed by atoms with E-state index in [1.54, 1.807) is 6.20 Å². The van der Waals surface area contributed by atoms with E-state index in [9.17, 15) is 5.11 Å². The Morgan fingerprint density at radius 3 is 2.83 bits per heavy atom. The first-order chi connectivity index (χ1) is 5.72. The van der Waals surface area contributed by atoms with Crippen molar-refractivity contribution in [3.8, 4) is 0 Å². The summed E-state index contributed by atoms with van der Waals surface area (Å²) in [5.74, 6) is 0.551. The van der Waals surface area contributed by atoms with Gasteiger partial charge in [0.05, 0.1) is 13.2 Å². The Morgan fingerprint density at radius 1 is 1.50 bits per heavy atom. The number of rotatable bonds is 1. The highest BCUT2D eigenvalue weighted by molar-refractivity contribution is 5.53. The van der Waals surface area contributed by atoms with Crippen LogP contribution in [0.5, 0.6) is 0 Å². The second-order valence-electron chi connectivity index (χ2n) is 3.46. The molecule has 0 aromatic heterocycles. The molecule has 1 atom stereocenters. The number of aliphatic hydroxyl groups excluding tert-OH is 1. The van der Waals surface area contributed by atoms with Crippen molar-refractivity contribution in [2.45, 2.75) is 19.3 Å². The first kappa shape index (κ1) is 7.55. The summed E-state index contributed by atoms with van der Waals surface area (Å²) >= 11 is 0. The summed E-state index contributed by atoms with van der Waals surface area (Å²) in [5, 5.41) is 9.58. The third-order valence-electron chi connectivity index (χ3n) is 2.51. The maximum atomic E-state index is 9.58. The molecule has 0 aromatic rings. The Balaban J connectivity index is 2.35. The van der Waals surface area contributed by atoms with Crippen LogP contribution in [-0.2, 0) is 0 Å². The predicted octanol–water partition coefficient (Wildman–Crippen LogP) is 1.90. The van der Waals surface area contributed by atoms with Gasteiger partial charge in [-0.1, -0.05) is 0 Å². The highest BCUT2D eigenvalue weighted by Crippen LogP contribution is 2.31. The van der Waals surface area contributed by atoms with Gasteiger partial charge in [0.25, 0.3) is 0 Å². The molecule has 2 rings (SSSR count). The molecule has 0 amide bonds. The summed E-state index contributed by atoms with van der Waals surface area (Å²) in [6.07, 6.45) is 8.48. The summed E-state index contributed by atoms with van der Waals surface area (Å²) in [7, 11) is 2.03. The fourth-order valence-electron chi connectivity index (χ4n) is 1.78. The molecule has 1 heterocycles. The van der Waals surface area contributed by atoms with Crippen molar-refractivity contribution in [3.05, 3.63) is 23.9 Å². The molecule has 0 saturated carbocycles. The van der Waals surface area contributed by atoms with E-state index >= 15 is 0 Å². The highest BCUT2D eigenvalue weighted by Gasteiger charge is 2.32. The Bertz CT molecular complexity index is 277. The molecule has 64 valence electrons. The first-order valence-electron chi connectivity index (χ1n) is 4.22. The summed E-state index contributed by atoms with van der Waals surface area (Å²) < 4.78 is 0.561. The molecule has 0 aromatic carbocycles. The van der Waals surface area contributed by atoms with Gasteiger partial charge in [-0.25, -0.2) is 9.48 Å². The summed E-state index contributed by atoms with van der Waals surface area (Å²) in [6, 6.07) is 0. The molecule has 1 N–H and O–H groups in total. The zero-order valence-electron chi connectivity index (χ0n) is 7.20. The van der Waals surface area contributed by atoms with E-state index < -0.39 is 0 Å². The standard InChI is InChI=1S/C9H12N2O/c1-11(6-5-10-7-11)8-3-2-4-9(8)12/h5-7H,2-4H2,1H3/p+1/t11-/m0/s1. The van der Waals surface area contributed by atoms with Crippen LogP contribution in [0.2, 0.25) is 0 Å². The fourth-order valence-corrected chi connectivity index (χ4v) is 1.78. The number of aliphatic imine (C=N–C) groups is 1. The largest absolute Gasteiger partial charge is 0.507 e. The van der Waals surface area contributed by atoms with Crippen LogP contribution in [0.3, 0.4) is 0 Å². The van der Waals surface area contributed by atoms with E-state index in [-0.39, 0.29) is 0 Å². The Labute approximate surface area is 71.9 Å². The van der Waals surface area contributed by atoms with Crippen LogP contribution < -0.4 is 0 Å². The molecule has 3 heteroatoms. The lowest BCUT2D eigenvalue weighted by Gasteiger charge is -2.22. The van der Waals surface area contributed by atoms with Crippen molar-refractivity contribution < 1.29 is 9.59 Å². The maximum absolute atomic E-state index is 9.58. The average Bonchev–Trinajstić information content (AvgIpc) is 2.59. The molecule has 1 aliphatic heterocycles. The minimum atomic E-state index is 0.551. The molecule has 0 saturated heterocycles. The van der Waals surface area contributed by atoms with Gasteiger partial charge in [-0.2, -0.15) is 0 Å². The molecule has 12 heavy (non-hydrogen) atoms. The first-order valence-corrected chi connectivity index (χ1v) is 4.22. The lowest BCUT2D eigenvalue weighted by molar-refractivity contribution is -0.715. The van der Waals surface area contributed by atoms with Gasteiger partial charge in [0.15, 0.2) is 12.0 Å². The Hall–Kier alpha value is -1.09. The molecular formula is C9H13N2O+. The summed E-state index contributed by atoms with van der Waals surface area (Å²) in [5.41, 5.74) is 1.09. The SMILES string of the molecule is C[N@+]1(C2=C(O)CCC2)C=CN=C1. The molecule has 0 radical (unpaired) electrons. The van der Waals surface area contributed by atoms with Gasteiger partial charge < -0.3 is 5.11 Å². The van der Waals surface area contributed by atoms with Gasteiger partial charge in [-0.15, -0.1) is 0 Å². The number of nitrogens with zero attached hydrogens (tertiary/aromatic N) is 2. The minimum absolute atomic E-state index is 0.551. The van der Waals surface area contributed by atoms with Crippen LogP contribution in [0.15, 0.2) is 28.8 Å². The van der Waals surface area contributed by atoms with Crippen molar-refractivity contribution in [1.82, 2.24) is 0 Å². The second kappa shape index (κ2) is 2.45. The number of aliphatic hydroxyl groups is 1. The molecule has 0 bridgehead atoms. The van der Waals surface area contributed by atoms with Gasteiger partial charge in [-0.3, -0.25) is 0 Å². The third kappa shape index (κ3) is 0.975. The van der Waals surface area contributed by atoms with Crippen molar-refractivity contribution in [2.75, 3.05) is 7.05 Å². The van der Waals surface area contributed by atoms with Crippen molar-refractivity contribution in [2.24, 2.45) is 4.99 Å². The van der Waals surface area contributed by atoms with Gasteiger partial charge >= 0.3 is 0 Å². The Morgan fingerprint density at radius 2 is 2.33 bits per heavy atom. The van der Waals surface area contributed by atoms with Crippen molar-refractivity contribution in [3.63, 3.8) is 0 Å². The normalized spacial score (nSPS) is 33.8. The molecule has 1 aliphatic carbocycles. The van der Waals surface area contributed by atoms with E-state index in [1.807, 2.05) is 19.6 Å². The smallest absolute Gasteiger partial charge is 0.199 e. The average molecular weight is 165 g/mol. The lowest BCUT2D eigenvalue weighted by atomic mass is 10.3. The number of allylic oxidation sites excluding steroid dienone is 2. The lowest BCUT2D eigenvalue weighted by Crippen LogP contribution is -2.33. The monoisotopic (exact) mass is 165 g/mol. The minimum Gasteiger partial charge on any atom is -0.507 e. The van der Waals surface area contributed by atoms with Gasteiger partial charge in [0.1, 0.15) is 12.0 Å². The van der Waals surface area contributed by atoms with E-state index in [0.717, 1.165) is 25.0 Å². The zero-order valence-corrected chi connectivity index (χ0v) is 7.20. The van der Waals surface area contributed by atoms with E-state index in [0.29, 0.717) is 10.2 Å². The number of hydrogen-bond acceptors (Lipinski definition) is 2. The topological polar surface area (TPSA) is 32.6 Å². The van der Waals surface area contributed by atoms with Crippen LogP contribution in [0.4, 0.5) is 0 Å². The molecular weight excluding hydrogens is 152 g/mol. The molecule has 3 nitrogen and oxygen atoms in total. The predicted molar refractivity (Wildman–Crippen MR) is 47.3 cm³/mol. The molecule has 2 aliphatic rings. The van der Waals surface area contributed by atoms with Crippen LogP contribution in [0.1, 0.15) is 19.3 Å². The Kier molecular flexibility index (Phi) is 1.54. The fraction of sp³-hybridized carbons (Fsp3) is 0.444. The summed E-state index contributed by atoms with van der Waals surface area (Å²) in [4.78, 5) is 4.04. The molecule has 0 fully saturated rings. The van der Waals surface area contributed by atoms with Crippen LogP contribution in [-0.4, -0.2) is 23.0 Å². The van der Waals surface area contributed by atoms with Gasteiger partial charge in [0.2, 0.25) is 0 Å². The van der Waals surface area contributed by atoms with E-state index in [2.05, 4.69) is 4.99 Å². The quantitative estimate of drug-likeness (QED) is 0.591. The van der Waals surface area contributed by atoms with Crippen LogP contribution in [0, 0.1) is 0 Å². The number of hydrogen-bond donors (Lipinski definition) is 1. The van der Waals surface area contributed by atoms with Crippen molar-refractivity contribution in [1.29, 1.82) is 0 Å². The van der Waals surface area contributed by atoms with Crippen LogP contribution in [0.25, 0.3) is 0 Å². The summed E-state index contributed by atoms with van der Waals surface area (Å²) in [6.45, 7) is 0. The van der Waals surface area contributed by atoms with E-state index in [1.165, 1.54) is 0 Å². The molecule has 0 spiro atoms. The third-order valence-corrected chi connectivity index (χ3v) is 2.51. The number of quaternary nitrogens is 1. The zero-order chi connectivity index (χ0) is 8.60. The van der Waals surface area contributed by atoms with Gasteiger partial charge in [0, 0.05) is 12.8 Å². The van der Waals surface area contributed by atoms with Crippen LogP contribution >= 0.6 is 0 Å². The van der Waals surface area contributed by atoms with Crippen molar-refractivity contribution >= 4 is 6.34 Å². The maximum Gasteiger partial charge on any atom is 0.199 e. The second-order valence-corrected chi connectivity index (χ2v) is 3.46. The molecule has 0 unspecified atom stereocenters. The van der Waals surface area contributed by atoms with E-state index in [4.69, 9.17) is 0 Å².